The number of rotatable bonds is 5. The zero-order valence-corrected chi connectivity index (χ0v) is 14.7. The smallest absolute Gasteiger partial charge is 0.192 e. The molecular formula is C13H27N3OSSi. The summed E-state index contributed by atoms with van der Waals surface area (Å²) < 4.78 is 6.15. The van der Waals surface area contributed by atoms with Crippen molar-refractivity contribution in [1.82, 2.24) is 4.98 Å². The van der Waals surface area contributed by atoms with E-state index in [1.54, 1.807) is 11.3 Å². The highest BCUT2D eigenvalue weighted by Crippen LogP contribution is 2.37. The van der Waals surface area contributed by atoms with E-state index in [4.69, 9.17) is 15.9 Å². The number of nitrogens with two attached hydrogens (primary N) is 2. The molecule has 0 saturated heterocycles. The van der Waals surface area contributed by atoms with Crippen molar-refractivity contribution in [3.05, 3.63) is 16.1 Å². The molecule has 0 bridgehead atoms. The Morgan fingerprint density at radius 3 is 2.37 bits per heavy atom. The van der Waals surface area contributed by atoms with Crippen LogP contribution in [0.15, 0.2) is 5.38 Å². The number of hydrogen-bond donors (Lipinski definition) is 2. The topological polar surface area (TPSA) is 74.2 Å². The lowest BCUT2D eigenvalue weighted by atomic mass is 10.1. The van der Waals surface area contributed by atoms with Crippen LogP contribution in [-0.4, -0.2) is 19.8 Å². The summed E-state index contributed by atoms with van der Waals surface area (Å²) in [5.74, 6) is 0. The van der Waals surface area contributed by atoms with Crippen LogP contribution >= 0.6 is 11.3 Å². The molecule has 1 aromatic heterocycles. The summed E-state index contributed by atoms with van der Waals surface area (Å²) in [6, 6.07) is 0. The summed E-state index contributed by atoms with van der Waals surface area (Å²) in [5.41, 5.74) is 12.2. The standard InChI is InChI=1S/C13H27N3OSSi/c1-12(2,3)19(5,6)17-7-10-8-18-11(16-10)13(4,15)9-14/h8H,7,9,14-15H2,1-6H3. The first-order valence-corrected chi connectivity index (χ1v) is 10.4. The Morgan fingerprint density at radius 1 is 1.32 bits per heavy atom. The number of aromatic nitrogens is 1. The first-order valence-electron chi connectivity index (χ1n) is 6.57. The van der Waals surface area contributed by atoms with E-state index in [2.05, 4.69) is 38.8 Å². The molecule has 1 rings (SSSR count). The van der Waals surface area contributed by atoms with Crippen LogP contribution in [0.4, 0.5) is 0 Å². The summed E-state index contributed by atoms with van der Waals surface area (Å²) in [6.45, 7) is 14.0. The van der Waals surface area contributed by atoms with Crippen LogP contribution < -0.4 is 11.5 Å². The molecule has 110 valence electrons. The van der Waals surface area contributed by atoms with Crippen LogP contribution in [0.2, 0.25) is 18.1 Å². The molecule has 1 unspecified atom stereocenters. The first kappa shape index (κ1) is 16.8. The van der Waals surface area contributed by atoms with Crippen LogP contribution in [0, 0.1) is 0 Å². The van der Waals surface area contributed by atoms with Gasteiger partial charge < -0.3 is 15.9 Å². The molecule has 6 heteroatoms. The van der Waals surface area contributed by atoms with Crippen LogP contribution in [-0.2, 0) is 16.6 Å². The molecule has 0 aromatic carbocycles. The highest BCUT2D eigenvalue weighted by molar-refractivity contribution is 7.09. The Bertz CT molecular complexity index is 424. The SMILES string of the molecule is CC(N)(CN)c1nc(CO[Si](C)(C)C(C)(C)C)cs1. The van der Waals surface area contributed by atoms with E-state index in [-0.39, 0.29) is 5.04 Å². The van der Waals surface area contributed by atoms with Gasteiger partial charge in [0.1, 0.15) is 5.01 Å². The molecular weight excluding hydrogens is 274 g/mol. The van der Waals surface area contributed by atoms with E-state index < -0.39 is 13.9 Å². The molecule has 4 N–H and O–H groups in total. The van der Waals surface area contributed by atoms with Gasteiger partial charge in [-0.2, -0.15) is 0 Å². The van der Waals surface area contributed by atoms with Crippen LogP contribution in [0.25, 0.3) is 0 Å². The van der Waals surface area contributed by atoms with E-state index in [1.165, 1.54) is 0 Å². The molecule has 1 atom stereocenters. The molecule has 0 aliphatic carbocycles. The highest BCUT2D eigenvalue weighted by atomic mass is 32.1. The molecule has 19 heavy (non-hydrogen) atoms. The predicted molar refractivity (Wildman–Crippen MR) is 84.7 cm³/mol. The van der Waals surface area contributed by atoms with Gasteiger partial charge >= 0.3 is 0 Å². The van der Waals surface area contributed by atoms with Crippen molar-refractivity contribution in [2.24, 2.45) is 11.5 Å². The van der Waals surface area contributed by atoms with Crippen molar-refractivity contribution in [2.75, 3.05) is 6.54 Å². The fourth-order valence-corrected chi connectivity index (χ4v) is 3.03. The summed E-state index contributed by atoms with van der Waals surface area (Å²) in [4.78, 5) is 4.55. The first-order chi connectivity index (χ1) is 8.49. The van der Waals surface area contributed by atoms with Gasteiger partial charge in [-0.15, -0.1) is 11.3 Å². The molecule has 0 aliphatic heterocycles. The van der Waals surface area contributed by atoms with Gasteiger partial charge in [0.15, 0.2) is 8.32 Å². The summed E-state index contributed by atoms with van der Waals surface area (Å²) >= 11 is 1.56. The third-order valence-electron chi connectivity index (χ3n) is 3.85. The van der Waals surface area contributed by atoms with Gasteiger partial charge in [0.25, 0.3) is 0 Å². The summed E-state index contributed by atoms with van der Waals surface area (Å²) in [5, 5.41) is 3.11. The minimum Gasteiger partial charge on any atom is -0.411 e. The van der Waals surface area contributed by atoms with Gasteiger partial charge in [-0.25, -0.2) is 4.98 Å². The molecule has 0 spiro atoms. The van der Waals surface area contributed by atoms with Crippen molar-refractivity contribution >= 4 is 19.7 Å². The molecule has 1 aromatic rings. The van der Waals surface area contributed by atoms with Gasteiger partial charge in [0.2, 0.25) is 0 Å². The van der Waals surface area contributed by atoms with Gasteiger partial charge in [0, 0.05) is 11.9 Å². The average molecular weight is 302 g/mol. The summed E-state index contributed by atoms with van der Waals surface area (Å²) in [6.07, 6.45) is 0. The van der Waals surface area contributed by atoms with Crippen molar-refractivity contribution < 1.29 is 4.43 Å². The third-order valence-corrected chi connectivity index (χ3v) is 9.50. The molecule has 0 amide bonds. The lowest BCUT2D eigenvalue weighted by molar-refractivity contribution is 0.272. The van der Waals surface area contributed by atoms with Crippen molar-refractivity contribution in [2.45, 2.75) is 58.0 Å². The van der Waals surface area contributed by atoms with Crippen molar-refractivity contribution in [1.29, 1.82) is 0 Å². The summed E-state index contributed by atoms with van der Waals surface area (Å²) in [7, 11) is -1.72. The largest absolute Gasteiger partial charge is 0.411 e. The zero-order valence-electron chi connectivity index (χ0n) is 12.9. The lowest BCUT2D eigenvalue weighted by Gasteiger charge is -2.35. The van der Waals surface area contributed by atoms with E-state index in [0.29, 0.717) is 13.2 Å². The Hall–Kier alpha value is -0.273. The van der Waals surface area contributed by atoms with Gasteiger partial charge in [-0.1, -0.05) is 20.8 Å². The maximum Gasteiger partial charge on any atom is 0.192 e. The molecule has 0 saturated carbocycles. The predicted octanol–water partition coefficient (Wildman–Crippen LogP) is 2.80. The molecule has 0 radical (unpaired) electrons. The lowest BCUT2D eigenvalue weighted by Crippen LogP contribution is -2.41. The van der Waals surface area contributed by atoms with Gasteiger partial charge in [0.05, 0.1) is 17.8 Å². The van der Waals surface area contributed by atoms with E-state index in [0.717, 1.165) is 10.7 Å². The number of thiazole rings is 1. The Balaban J connectivity index is 2.71. The van der Waals surface area contributed by atoms with Crippen LogP contribution in [0.1, 0.15) is 38.4 Å². The van der Waals surface area contributed by atoms with Crippen LogP contribution in [0.3, 0.4) is 0 Å². The second kappa shape index (κ2) is 5.61. The van der Waals surface area contributed by atoms with Crippen molar-refractivity contribution in [3.8, 4) is 0 Å². The molecule has 0 aliphatic rings. The Labute approximate surface area is 121 Å². The highest BCUT2D eigenvalue weighted by Gasteiger charge is 2.37. The van der Waals surface area contributed by atoms with Crippen LogP contribution in [0.5, 0.6) is 0 Å². The molecule has 0 fully saturated rings. The van der Waals surface area contributed by atoms with Crippen molar-refractivity contribution in [3.63, 3.8) is 0 Å². The number of hydrogen-bond acceptors (Lipinski definition) is 5. The molecule has 1 heterocycles. The number of nitrogens with zero attached hydrogens (tertiary/aromatic N) is 1. The zero-order chi connectivity index (χ0) is 14.9. The van der Waals surface area contributed by atoms with Gasteiger partial charge in [-0.05, 0) is 25.1 Å². The normalized spacial score (nSPS) is 16.4. The second-order valence-electron chi connectivity index (χ2n) is 6.81. The quantitative estimate of drug-likeness (QED) is 0.820. The minimum absolute atomic E-state index is 0.214. The van der Waals surface area contributed by atoms with E-state index in [1.807, 2.05) is 12.3 Å². The Kier molecular flexibility index (Phi) is 4.96. The fraction of sp³-hybridized carbons (Fsp3) is 0.769. The van der Waals surface area contributed by atoms with Gasteiger partial charge in [-0.3, -0.25) is 0 Å². The second-order valence-corrected chi connectivity index (χ2v) is 12.5. The maximum absolute atomic E-state index is 6.15. The Morgan fingerprint density at radius 2 is 1.89 bits per heavy atom. The monoisotopic (exact) mass is 301 g/mol. The van der Waals surface area contributed by atoms with E-state index in [9.17, 15) is 0 Å². The van der Waals surface area contributed by atoms with E-state index >= 15 is 0 Å². The third kappa shape index (κ3) is 4.09. The molecule has 4 nitrogen and oxygen atoms in total. The average Bonchev–Trinajstić information content (AvgIpc) is 2.74. The fourth-order valence-electron chi connectivity index (χ4n) is 1.19. The maximum atomic E-state index is 6.15. The minimum atomic E-state index is -1.72.